The van der Waals surface area contributed by atoms with Gasteiger partial charge >= 0.3 is 0 Å². The molecule has 1 saturated carbocycles. The Morgan fingerprint density at radius 3 is 2.09 bits per heavy atom. The lowest BCUT2D eigenvalue weighted by molar-refractivity contribution is -0.125. The normalized spacial score (nSPS) is 28.9. The second-order valence-electron chi connectivity index (χ2n) is 6.26. The topological polar surface area (TPSA) is 37.4 Å². The van der Waals surface area contributed by atoms with Gasteiger partial charge in [-0.05, 0) is 30.7 Å². The van der Waals surface area contributed by atoms with Gasteiger partial charge in [-0.3, -0.25) is 9.59 Å². The number of anilines is 1. The summed E-state index contributed by atoms with van der Waals surface area (Å²) in [6, 6.07) is 14.5. The minimum atomic E-state index is -0.673. The number of benzene rings is 2. The van der Waals surface area contributed by atoms with Gasteiger partial charge in [-0.2, -0.15) is 0 Å². The molecule has 0 radical (unpaired) electrons. The van der Waals surface area contributed by atoms with E-state index in [9.17, 15) is 9.59 Å². The maximum atomic E-state index is 12.9. The van der Waals surface area contributed by atoms with Crippen molar-refractivity contribution in [3.63, 3.8) is 0 Å². The van der Waals surface area contributed by atoms with Crippen molar-refractivity contribution in [1.29, 1.82) is 0 Å². The lowest BCUT2D eigenvalue weighted by Crippen LogP contribution is -2.36. The Morgan fingerprint density at radius 2 is 1.57 bits per heavy atom. The first-order valence-corrected chi connectivity index (χ1v) is 8.09. The van der Waals surface area contributed by atoms with E-state index in [2.05, 4.69) is 0 Å². The van der Waals surface area contributed by atoms with Crippen LogP contribution in [-0.4, -0.2) is 11.8 Å². The smallest absolute Gasteiger partial charge is 0.241 e. The number of piperidine rings is 1. The van der Waals surface area contributed by atoms with Gasteiger partial charge in [0.15, 0.2) is 0 Å². The van der Waals surface area contributed by atoms with E-state index in [0.717, 1.165) is 5.56 Å². The van der Waals surface area contributed by atoms with Crippen LogP contribution in [-0.2, 0) is 9.59 Å². The molecule has 0 spiro atoms. The van der Waals surface area contributed by atoms with Crippen molar-refractivity contribution in [3.05, 3.63) is 64.1 Å². The summed E-state index contributed by atoms with van der Waals surface area (Å²) < 4.78 is 0. The minimum Gasteiger partial charge on any atom is -0.274 e. The zero-order valence-electron chi connectivity index (χ0n) is 12.3. The zero-order chi connectivity index (χ0) is 16.4. The highest BCUT2D eigenvalue weighted by Gasteiger charge is 2.76. The third kappa shape index (κ3) is 1.97. The van der Waals surface area contributed by atoms with E-state index in [1.807, 2.05) is 37.3 Å². The molecule has 0 aromatic heterocycles. The van der Waals surface area contributed by atoms with Crippen molar-refractivity contribution < 1.29 is 9.59 Å². The number of carbonyl (C=O) groups excluding carboxylic acids is 2. The van der Waals surface area contributed by atoms with Crippen LogP contribution >= 0.6 is 23.2 Å². The Morgan fingerprint density at radius 1 is 0.957 bits per heavy atom. The van der Waals surface area contributed by atoms with Crippen LogP contribution in [0.25, 0.3) is 0 Å². The predicted octanol–water partition coefficient (Wildman–Crippen LogP) is 4.29. The largest absolute Gasteiger partial charge is 0.274 e. The molecular weight excluding hydrogens is 333 g/mol. The van der Waals surface area contributed by atoms with Crippen molar-refractivity contribution in [1.82, 2.24) is 0 Å². The Kier molecular flexibility index (Phi) is 3.09. The quantitative estimate of drug-likeness (QED) is 0.761. The Balaban J connectivity index is 1.72. The highest BCUT2D eigenvalue weighted by atomic mass is 35.5. The fourth-order valence-corrected chi connectivity index (χ4v) is 4.28. The average molecular weight is 346 g/mol. The van der Waals surface area contributed by atoms with Crippen LogP contribution in [0.5, 0.6) is 0 Å². The number of fused-ring (bicyclic) bond motifs is 1. The van der Waals surface area contributed by atoms with Gasteiger partial charge in [-0.25, -0.2) is 4.90 Å². The fourth-order valence-electron chi connectivity index (χ4n) is 3.77. The van der Waals surface area contributed by atoms with Crippen molar-refractivity contribution in [2.45, 2.75) is 12.8 Å². The van der Waals surface area contributed by atoms with E-state index in [0.29, 0.717) is 15.7 Å². The molecule has 0 bridgehead atoms. The first kappa shape index (κ1) is 14.7. The molecule has 23 heavy (non-hydrogen) atoms. The maximum Gasteiger partial charge on any atom is 0.241 e. The molecule has 2 aromatic carbocycles. The summed E-state index contributed by atoms with van der Waals surface area (Å²) in [5.74, 6) is -0.714. The molecule has 2 fully saturated rings. The molecule has 1 aliphatic carbocycles. The SMILES string of the molecule is C[C@@]12C(=O)N(c3cc(Cl)cc(Cl)c3)C(=O)C1[C@@H]2c1ccccc1. The van der Waals surface area contributed by atoms with E-state index >= 15 is 0 Å². The number of rotatable bonds is 2. The summed E-state index contributed by atoms with van der Waals surface area (Å²) in [5.41, 5.74) is 0.802. The fraction of sp³-hybridized carbons (Fsp3) is 0.222. The van der Waals surface area contributed by atoms with Gasteiger partial charge in [0.25, 0.3) is 0 Å². The van der Waals surface area contributed by atoms with Gasteiger partial charge < -0.3 is 0 Å². The molecule has 1 unspecified atom stereocenters. The third-order valence-electron chi connectivity index (χ3n) is 4.93. The van der Waals surface area contributed by atoms with E-state index in [1.54, 1.807) is 18.2 Å². The molecule has 1 heterocycles. The number of nitrogens with zero attached hydrogens (tertiary/aromatic N) is 1. The lowest BCUT2D eigenvalue weighted by Gasteiger charge is -2.21. The van der Waals surface area contributed by atoms with Crippen molar-refractivity contribution in [2.24, 2.45) is 11.3 Å². The standard InChI is InChI=1S/C18H13Cl2NO2/c1-18-14(10-5-3-2-4-6-10)15(18)16(22)21(17(18)23)13-8-11(19)7-12(20)9-13/h2-9,14-15H,1H3/t14-,15?,18-/m0/s1. The Labute approximate surface area is 143 Å². The third-order valence-corrected chi connectivity index (χ3v) is 5.37. The van der Waals surface area contributed by atoms with Crippen LogP contribution in [0.15, 0.2) is 48.5 Å². The lowest BCUT2D eigenvalue weighted by atomic mass is 10.00. The molecule has 2 aliphatic rings. The first-order valence-electron chi connectivity index (χ1n) is 7.34. The summed E-state index contributed by atoms with van der Waals surface area (Å²) in [6.45, 7) is 1.86. The van der Waals surface area contributed by atoms with Gasteiger partial charge in [0.2, 0.25) is 11.8 Å². The minimum absolute atomic E-state index is 0.0467. The molecule has 1 aliphatic heterocycles. The van der Waals surface area contributed by atoms with Crippen LogP contribution in [0.3, 0.4) is 0 Å². The molecule has 116 valence electrons. The molecule has 4 rings (SSSR count). The number of hydrogen-bond donors (Lipinski definition) is 0. The van der Waals surface area contributed by atoms with Gasteiger partial charge in [0, 0.05) is 16.0 Å². The number of halogens is 2. The van der Waals surface area contributed by atoms with Gasteiger partial charge in [-0.1, -0.05) is 53.5 Å². The average Bonchev–Trinajstić information content (AvgIpc) is 3.08. The van der Waals surface area contributed by atoms with Gasteiger partial charge in [-0.15, -0.1) is 0 Å². The van der Waals surface area contributed by atoms with E-state index in [4.69, 9.17) is 23.2 Å². The summed E-state index contributed by atoms with van der Waals surface area (Å²) in [5, 5.41) is 0.803. The van der Waals surface area contributed by atoms with Gasteiger partial charge in [0.05, 0.1) is 17.0 Å². The van der Waals surface area contributed by atoms with Crippen LogP contribution < -0.4 is 4.90 Å². The highest BCUT2D eigenvalue weighted by Crippen LogP contribution is 2.69. The molecule has 0 N–H and O–H groups in total. The molecular formula is C18H13Cl2NO2. The number of carbonyl (C=O) groups is 2. The molecule has 5 heteroatoms. The number of hydrogen-bond acceptors (Lipinski definition) is 2. The summed E-state index contributed by atoms with van der Waals surface area (Å²) >= 11 is 12.0. The van der Waals surface area contributed by atoms with Crippen molar-refractivity contribution >= 4 is 40.7 Å². The molecule has 1 saturated heterocycles. The summed E-state index contributed by atoms with van der Waals surface area (Å²) in [6.07, 6.45) is 0. The molecule has 3 atom stereocenters. The summed E-state index contributed by atoms with van der Waals surface area (Å²) in [7, 11) is 0. The van der Waals surface area contributed by atoms with Crippen LogP contribution in [0, 0.1) is 11.3 Å². The van der Waals surface area contributed by atoms with Crippen molar-refractivity contribution in [2.75, 3.05) is 4.90 Å². The van der Waals surface area contributed by atoms with E-state index in [1.165, 1.54) is 4.90 Å². The number of amides is 2. The first-order chi connectivity index (χ1) is 10.9. The van der Waals surface area contributed by atoms with Crippen LogP contribution in [0.4, 0.5) is 5.69 Å². The highest BCUT2D eigenvalue weighted by molar-refractivity contribution is 6.36. The van der Waals surface area contributed by atoms with E-state index in [-0.39, 0.29) is 23.7 Å². The maximum absolute atomic E-state index is 12.9. The Hall–Kier alpha value is -1.84. The molecule has 2 aromatic rings. The van der Waals surface area contributed by atoms with E-state index < -0.39 is 5.41 Å². The predicted molar refractivity (Wildman–Crippen MR) is 89.7 cm³/mol. The number of imide groups is 1. The summed E-state index contributed by atoms with van der Waals surface area (Å²) in [4.78, 5) is 26.9. The Bertz CT molecular complexity index is 816. The van der Waals surface area contributed by atoms with Gasteiger partial charge in [0.1, 0.15) is 0 Å². The second-order valence-corrected chi connectivity index (χ2v) is 7.13. The molecule has 3 nitrogen and oxygen atoms in total. The monoisotopic (exact) mass is 345 g/mol. The zero-order valence-corrected chi connectivity index (χ0v) is 13.8. The second kappa shape index (κ2) is 4.83. The van der Waals surface area contributed by atoms with Crippen molar-refractivity contribution in [3.8, 4) is 0 Å². The van der Waals surface area contributed by atoms with Crippen LogP contribution in [0.2, 0.25) is 10.0 Å². The van der Waals surface area contributed by atoms with Crippen LogP contribution in [0.1, 0.15) is 18.4 Å². The molecule has 2 amide bonds.